The number of hydrogen-bond acceptors (Lipinski definition) is 4. The van der Waals surface area contributed by atoms with Gasteiger partial charge in [-0.1, -0.05) is 91.0 Å². The van der Waals surface area contributed by atoms with Crippen molar-refractivity contribution in [2.75, 3.05) is 0 Å². The summed E-state index contributed by atoms with van der Waals surface area (Å²) in [6.07, 6.45) is 0. The highest BCUT2D eigenvalue weighted by atomic mass is 32.2. The highest BCUT2D eigenvalue weighted by Gasteiger charge is 2.31. The molecule has 3 aromatic rings. The van der Waals surface area contributed by atoms with E-state index in [2.05, 4.69) is 36.4 Å². The molecule has 0 aliphatic heterocycles. The van der Waals surface area contributed by atoms with Crippen molar-refractivity contribution in [3.63, 3.8) is 0 Å². The fraction of sp³-hybridized carbons (Fsp3) is 0.0526. The fourth-order valence-corrected chi connectivity index (χ4v) is 2.60. The maximum absolute atomic E-state index is 8.44. The number of hydrogen-bond donors (Lipinski definition) is 1. The maximum Gasteiger partial charge on any atom is 0.425 e. The lowest BCUT2D eigenvalue weighted by Crippen LogP contribution is -2.39. The van der Waals surface area contributed by atoms with Crippen LogP contribution in [0.4, 0.5) is 0 Å². The monoisotopic (exact) mass is 339 g/mol. The van der Waals surface area contributed by atoms with E-state index in [-0.39, 0.29) is 0 Å². The summed E-state index contributed by atoms with van der Waals surface area (Å²) in [5, 5.41) is 0. The zero-order chi connectivity index (χ0) is 17.4. The molecule has 0 atom stereocenters. The molecule has 0 aliphatic carbocycles. The van der Waals surface area contributed by atoms with E-state index in [1.165, 1.54) is 0 Å². The number of nitrogens with two attached hydrogens (primary N) is 1. The highest BCUT2D eigenvalue weighted by Crippen LogP contribution is 2.33. The molecule has 0 amide bonds. The van der Waals surface area contributed by atoms with Gasteiger partial charge >= 0.3 is 10.6 Å². The predicted octanol–water partition coefficient (Wildman–Crippen LogP) is 2.93. The van der Waals surface area contributed by atoms with E-state index in [4.69, 9.17) is 18.4 Å². The first-order valence-corrected chi connectivity index (χ1v) is 8.27. The minimum atomic E-state index is -3.11. The second-order valence-corrected chi connectivity index (χ2v) is 5.52. The van der Waals surface area contributed by atoms with Crippen LogP contribution in [0.1, 0.15) is 16.7 Å². The Hall–Kier alpha value is -2.76. The van der Waals surface area contributed by atoms with Gasteiger partial charge in [-0.05, 0) is 16.7 Å². The first-order chi connectivity index (χ1) is 11.5. The van der Waals surface area contributed by atoms with Crippen LogP contribution in [-0.4, -0.2) is 12.6 Å². The van der Waals surface area contributed by atoms with E-state index < -0.39 is 16.1 Å². The molecule has 2 N–H and O–H groups in total. The van der Waals surface area contributed by atoms with E-state index in [0.717, 1.165) is 16.7 Å². The Morgan fingerprint density at radius 3 is 0.958 bits per heavy atom. The molecule has 5 heteroatoms. The lowest BCUT2D eigenvalue weighted by molar-refractivity contribution is 0.559. The largest absolute Gasteiger partial charge is 0.425 e. The zero-order valence-corrected chi connectivity index (χ0v) is 13.7. The summed E-state index contributed by atoms with van der Waals surface area (Å²) in [7, 11) is -3.11. The highest BCUT2D eigenvalue weighted by molar-refractivity contribution is 7.59. The molecule has 122 valence electrons. The summed E-state index contributed by atoms with van der Waals surface area (Å²) in [6, 6.07) is 30.7. The SMILES string of the molecule is NC(c1ccccc1)(c1ccccc1)c1ccccc1.O=S(=O)=O. The Morgan fingerprint density at radius 1 is 0.542 bits per heavy atom. The van der Waals surface area contributed by atoms with Gasteiger partial charge < -0.3 is 5.73 Å². The smallest absolute Gasteiger partial charge is 0.314 e. The number of rotatable bonds is 3. The maximum atomic E-state index is 8.44. The summed E-state index contributed by atoms with van der Waals surface area (Å²) >= 11 is 0. The van der Waals surface area contributed by atoms with Crippen LogP contribution in [0.5, 0.6) is 0 Å². The Balaban J connectivity index is 0.000000471. The molecule has 0 bridgehead atoms. The first kappa shape index (κ1) is 17.6. The fourth-order valence-electron chi connectivity index (χ4n) is 2.60. The molecule has 0 spiro atoms. The number of benzene rings is 3. The molecule has 0 radical (unpaired) electrons. The molecule has 0 unspecified atom stereocenters. The molecule has 0 aromatic heterocycles. The van der Waals surface area contributed by atoms with Gasteiger partial charge in [-0.25, -0.2) is 0 Å². The van der Waals surface area contributed by atoms with E-state index in [0.29, 0.717) is 0 Å². The minimum Gasteiger partial charge on any atom is -0.314 e. The minimum absolute atomic E-state index is 0.621. The Morgan fingerprint density at radius 2 is 0.750 bits per heavy atom. The summed E-state index contributed by atoms with van der Waals surface area (Å²) in [5.41, 5.74) is 9.53. The Labute approximate surface area is 142 Å². The van der Waals surface area contributed by atoms with Gasteiger partial charge in [0.2, 0.25) is 0 Å². The molecular weight excluding hydrogens is 322 g/mol. The second-order valence-electron chi connectivity index (χ2n) is 5.11. The lowest BCUT2D eigenvalue weighted by atomic mass is 9.78. The lowest BCUT2D eigenvalue weighted by Gasteiger charge is -2.31. The normalized spacial score (nSPS) is 10.4. The Bertz CT molecular complexity index is 761. The molecule has 3 aromatic carbocycles. The standard InChI is InChI=1S/C19H17N.O3S/c20-19(16-10-4-1-5-11-16,17-12-6-2-7-13-17)18-14-8-3-9-15-18;1-4(2)3/h1-15H,20H2;. The van der Waals surface area contributed by atoms with Crippen LogP contribution in [0.25, 0.3) is 0 Å². The molecule has 0 fully saturated rings. The summed E-state index contributed by atoms with van der Waals surface area (Å²) in [6.45, 7) is 0. The molecule has 4 nitrogen and oxygen atoms in total. The topological polar surface area (TPSA) is 77.2 Å². The van der Waals surface area contributed by atoms with Crippen molar-refractivity contribution >= 4 is 10.6 Å². The van der Waals surface area contributed by atoms with Gasteiger partial charge in [0.25, 0.3) is 0 Å². The van der Waals surface area contributed by atoms with E-state index >= 15 is 0 Å². The molecule has 0 heterocycles. The molecule has 24 heavy (non-hydrogen) atoms. The van der Waals surface area contributed by atoms with Gasteiger partial charge in [0.1, 0.15) is 0 Å². The van der Waals surface area contributed by atoms with Crippen molar-refractivity contribution in [2.45, 2.75) is 5.54 Å². The third-order valence-electron chi connectivity index (χ3n) is 3.69. The molecule has 0 saturated heterocycles. The molecular formula is C19H17NO3S. The van der Waals surface area contributed by atoms with Crippen LogP contribution in [0.15, 0.2) is 91.0 Å². The molecule has 0 saturated carbocycles. The second kappa shape index (κ2) is 8.19. The first-order valence-electron chi connectivity index (χ1n) is 7.27. The predicted molar refractivity (Wildman–Crippen MR) is 93.1 cm³/mol. The van der Waals surface area contributed by atoms with Crippen LogP contribution in [0, 0.1) is 0 Å². The quantitative estimate of drug-likeness (QED) is 0.744. The van der Waals surface area contributed by atoms with Crippen molar-refractivity contribution in [1.82, 2.24) is 0 Å². The zero-order valence-electron chi connectivity index (χ0n) is 12.9. The van der Waals surface area contributed by atoms with Crippen LogP contribution >= 0.6 is 0 Å². The summed E-state index contributed by atoms with van der Waals surface area (Å²) in [4.78, 5) is 0. The van der Waals surface area contributed by atoms with Gasteiger partial charge in [0.05, 0.1) is 5.54 Å². The average molecular weight is 339 g/mol. The van der Waals surface area contributed by atoms with Gasteiger partial charge in [0.15, 0.2) is 0 Å². The van der Waals surface area contributed by atoms with Crippen molar-refractivity contribution in [3.05, 3.63) is 108 Å². The van der Waals surface area contributed by atoms with Gasteiger partial charge in [-0.3, -0.25) is 0 Å². The van der Waals surface area contributed by atoms with Crippen LogP contribution in [0.3, 0.4) is 0 Å². The van der Waals surface area contributed by atoms with E-state index in [1.807, 2.05) is 54.6 Å². The van der Waals surface area contributed by atoms with Crippen LogP contribution < -0.4 is 5.73 Å². The van der Waals surface area contributed by atoms with Gasteiger partial charge in [-0.15, -0.1) is 12.6 Å². The van der Waals surface area contributed by atoms with Crippen molar-refractivity contribution in [2.24, 2.45) is 5.73 Å². The van der Waals surface area contributed by atoms with Crippen molar-refractivity contribution in [3.8, 4) is 0 Å². The van der Waals surface area contributed by atoms with E-state index in [9.17, 15) is 0 Å². The third-order valence-corrected chi connectivity index (χ3v) is 3.69. The average Bonchev–Trinajstić information content (AvgIpc) is 2.63. The Kier molecular flexibility index (Phi) is 6.01. The van der Waals surface area contributed by atoms with Crippen molar-refractivity contribution in [1.29, 1.82) is 0 Å². The summed E-state index contributed by atoms with van der Waals surface area (Å²) < 4.78 is 25.3. The van der Waals surface area contributed by atoms with Crippen molar-refractivity contribution < 1.29 is 12.6 Å². The van der Waals surface area contributed by atoms with E-state index in [1.54, 1.807) is 0 Å². The third kappa shape index (κ3) is 4.16. The molecule has 0 aliphatic rings. The summed E-state index contributed by atoms with van der Waals surface area (Å²) in [5.74, 6) is 0. The van der Waals surface area contributed by atoms with Crippen LogP contribution in [0.2, 0.25) is 0 Å². The van der Waals surface area contributed by atoms with Gasteiger partial charge in [0, 0.05) is 0 Å². The van der Waals surface area contributed by atoms with Gasteiger partial charge in [-0.2, -0.15) is 0 Å². The van der Waals surface area contributed by atoms with Crippen LogP contribution in [-0.2, 0) is 16.1 Å². The molecule has 3 rings (SSSR count).